The van der Waals surface area contributed by atoms with Gasteiger partial charge in [0.1, 0.15) is 0 Å². The summed E-state index contributed by atoms with van der Waals surface area (Å²) in [4.78, 5) is 2.52. The highest BCUT2D eigenvalue weighted by Gasteiger charge is 2.28. The summed E-state index contributed by atoms with van der Waals surface area (Å²) in [5.74, 6) is 1.64. The van der Waals surface area contributed by atoms with Gasteiger partial charge in [0.15, 0.2) is 5.76 Å². The third kappa shape index (κ3) is 3.07. The zero-order valence-electron chi connectivity index (χ0n) is 11.0. The molecule has 96 valence electrons. The molecule has 1 fully saturated rings. The predicted molar refractivity (Wildman–Crippen MR) is 67.6 cm³/mol. The number of hydrogen-bond acceptors (Lipinski definition) is 4. The van der Waals surface area contributed by atoms with Gasteiger partial charge in [-0.05, 0) is 12.3 Å². The summed E-state index contributed by atoms with van der Waals surface area (Å²) in [6, 6.07) is 3.15. The topological polar surface area (TPSA) is 41.3 Å². The molecule has 1 aromatic rings. The molecule has 1 aliphatic heterocycles. The normalized spacial score (nSPS) is 26.6. The van der Waals surface area contributed by atoms with Gasteiger partial charge in [-0.25, -0.2) is 0 Å². The van der Waals surface area contributed by atoms with Crippen molar-refractivity contribution in [1.82, 2.24) is 15.4 Å². The van der Waals surface area contributed by atoms with Gasteiger partial charge in [0.2, 0.25) is 0 Å². The fourth-order valence-corrected chi connectivity index (χ4v) is 2.45. The minimum absolute atomic E-state index is 0.584. The van der Waals surface area contributed by atoms with Crippen LogP contribution in [0.5, 0.6) is 0 Å². The Hall–Kier alpha value is -0.870. The molecule has 0 amide bonds. The maximum absolute atomic E-state index is 5.21. The molecule has 17 heavy (non-hydrogen) atoms. The van der Waals surface area contributed by atoms with Crippen LogP contribution in [0.25, 0.3) is 0 Å². The van der Waals surface area contributed by atoms with E-state index in [9.17, 15) is 0 Å². The van der Waals surface area contributed by atoms with Crippen molar-refractivity contribution in [2.24, 2.45) is 5.92 Å². The lowest BCUT2D eigenvalue weighted by atomic mass is 9.98. The molecule has 4 nitrogen and oxygen atoms in total. The van der Waals surface area contributed by atoms with Crippen LogP contribution in [0, 0.1) is 5.92 Å². The van der Waals surface area contributed by atoms with Crippen LogP contribution in [0.2, 0.25) is 0 Å². The van der Waals surface area contributed by atoms with Gasteiger partial charge in [0.25, 0.3) is 0 Å². The first-order valence-corrected chi connectivity index (χ1v) is 6.57. The molecule has 1 aliphatic rings. The highest BCUT2D eigenvalue weighted by molar-refractivity contribution is 4.96. The van der Waals surface area contributed by atoms with E-state index in [1.165, 1.54) is 6.42 Å². The monoisotopic (exact) mass is 237 g/mol. The third-order valence-corrected chi connectivity index (χ3v) is 3.69. The van der Waals surface area contributed by atoms with Gasteiger partial charge in [-0.3, -0.25) is 4.90 Å². The van der Waals surface area contributed by atoms with E-state index >= 15 is 0 Å². The van der Waals surface area contributed by atoms with Crippen molar-refractivity contribution < 1.29 is 4.52 Å². The van der Waals surface area contributed by atoms with E-state index in [-0.39, 0.29) is 0 Å². The van der Waals surface area contributed by atoms with Gasteiger partial charge >= 0.3 is 0 Å². The molecule has 0 aliphatic carbocycles. The van der Waals surface area contributed by atoms with Crippen LogP contribution >= 0.6 is 0 Å². The maximum Gasteiger partial charge on any atom is 0.150 e. The Bertz CT molecular complexity index is 323. The molecule has 2 heterocycles. The minimum atomic E-state index is 0.584. The lowest BCUT2D eigenvalue weighted by molar-refractivity contribution is 0.0934. The first-order valence-electron chi connectivity index (χ1n) is 6.57. The van der Waals surface area contributed by atoms with E-state index in [1.807, 2.05) is 6.07 Å². The standard InChI is InChI=1S/C13H23N3O/c1-4-11-7-14-13(10(2)3)9-16(11)8-12-5-6-15-17-12/h5-6,10-11,13-14H,4,7-9H2,1-3H3. The summed E-state index contributed by atoms with van der Waals surface area (Å²) in [5, 5.41) is 7.42. The van der Waals surface area contributed by atoms with Crippen molar-refractivity contribution in [3.8, 4) is 0 Å². The molecule has 0 bridgehead atoms. The van der Waals surface area contributed by atoms with Gasteiger partial charge in [-0.1, -0.05) is 25.9 Å². The van der Waals surface area contributed by atoms with E-state index < -0.39 is 0 Å². The molecule has 0 spiro atoms. The predicted octanol–water partition coefficient (Wildman–Crippen LogP) is 1.88. The van der Waals surface area contributed by atoms with Crippen LogP contribution in [-0.2, 0) is 6.54 Å². The van der Waals surface area contributed by atoms with Gasteiger partial charge < -0.3 is 9.84 Å². The highest BCUT2D eigenvalue weighted by atomic mass is 16.5. The Kier molecular flexibility index (Phi) is 4.18. The Morgan fingerprint density at radius 1 is 1.59 bits per heavy atom. The largest absolute Gasteiger partial charge is 0.360 e. The molecule has 2 rings (SSSR count). The van der Waals surface area contributed by atoms with E-state index in [4.69, 9.17) is 4.52 Å². The van der Waals surface area contributed by atoms with Crippen molar-refractivity contribution in [1.29, 1.82) is 0 Å². The smallest absolute Gasteiger partial charge is 0.150 e. The van der Waals surface area contributed by atoms with E-state index in [1.54, 1.807) is 6.20 Å². The summed E-state index contributed by atoms with van der Waals surface area (Å²) >= 11 is 0. The molecule has 2 unspecified atom stereocenters. The summed E-state index contributed by atoms with van der Waals surface area (Å²) in [6.45, 7) is 9.84. The second kappa shape index (κ2) is 5.65. The van der Waals surface area contributed by atoms with Crippen molar-refractivity contribution >= 4 is 0 Å². The number of hydrogen-bond donors (Lipinski definition) is 1. The average molecular weight is 237 g/mol. The Morgan fingerprint density at radius 3 is 3.00 bits per heavy atom. The Balaban J connectivity index is 1.99. The van der Waals surface area contributed by atoms with Crippen LogP contribution in [0.3, 0.4) is 0 Å². The van der Waals surface area contributed by atoms with Crippen LogP contribution < -0.4 is 5.32 Å². The number of nitrogens with zero attached hydrogens (tertiary/aromatic N) is 2. The van der Waals surface area contributed by atoms with Gasteiger partial charge in [-0.2, -0.15) is 0 Å². The zero-order valence-corrected chi connectivity index (χ0v) is 11.0. The Morgan fingerprint density at radius 2 is 2.41 bits per heavy atom. The molecule has 1 N–H and O–H groups in total. The van der Waals surface area contributed by atoms with Crippen LogP contribution in [0.15, 0.2) is 16.8 Å². The number of nitrogens with one attached hydrogen (secondary N) is 1. The second-order valence-corrected chi connectivity index (χ2v) is 5.23. The molecular formula is C13H23N3O. The van der Waals surface area contributed by atoms with E-state index in [2.05, 4.69) is 36.1 Å². The molecule has 0 radical (unpaired) electrons. The van der Waals surface area contributed by atoms with Crippen molar-refractivity contribution in [3.63, 3.8) is 0 Å². The molecule has 0 saturated carbocycles. The minimum Gasteiger partial charge on any atom is -0.360 e. The van der Waals surface area contributed by atoms with E-state index in [0.29, 0.717) is 18.0 Å². The number of piperazine rings is 1. The van der Waals surface area contributed by atoms with Gasteiger partial charge in [-0.15, -0.1) is 0 Å². The maximum atomic E-state index is 5.21. The SMILES string of the molecule is CCC1CNC(C(C)C)CN1Cc1ccno1. The quantitative estimate of drug-likeness (QED) is 0.868. The molecule has 1 aromatic heterocycles. The summed E-state index contributed by atoms with van der Waals surface area (Å²) in [5.41, 5.74) is 0. The molecule has 2 atom stereocenters. The highest BCUT2D eigenvalue weighted by Crippen LogP contribution is 2.17. The van der Waals surface area contributed by atoms with Crippen molar-refractivity contribution in [2.75, 3.05) is 13.1 Å². The first-order chi connectivity index (χ1) is 8.20. The molecule has 0 aromatic carbocycles. The number of aromatic nitrogens is 1. The number of rotatable bonds is 4. The van der Waals surface area contributed by atoms with E-state index in [0.717, 1.165) is 25.4 Å². The lowest BCUT2D eigenvalue weighted by Crippen LogP contribution is -2.57. The van der Waals surface area contributed by atoms with Gasteiger partial charge in [0.05, 0.1) is 12.7 Å². The lowest BCUT2D eigenvalue weighted by Gasteiger charge is -2.41. The first kappa shape index (κ1) is 12.6. The van der Waals surface area contributed by atoms with Crippen LogP contribution in [0.1, 0.15) is 33.0 Å². The van der Waals surface area contributed by atoms with Crippen molar-refractivity contribution in [3.05, 3.63) is 18.0 Å². The van der Waals surface area contributed by atoms with Crippen molar-refractivity contribution in [2.45, 2.75) is 45.8 Å². The molecular weight excluding hydrogens is 214 g/mol. The van der Waals surface area contributed by atoms with Crippen LogP contribution in [-0.4, -0.2) is 35.2 Å². The Labute approximate surface area is 103 Å². The molecule has 4 heteroatoms. The average Bonchev–Trinajstić information content (AvgIpc) is 2.81. The molecule has 1 saturated heterocycles. The summed E-state index contributed by atoms with van der Waals surface area (Å²) in [6.07, 6.45) is 2.89. The zero-order chi connectivity index (χ0) is 12.3. The second-order valence-electron chi connectivity index (χ2n) is 5.23. The van der Waals surface area contributed by atoms with Gasteiger partial charge in [0, 0.05) is 31.2 Å². The fraction of sp³-hybridized carbons (Fsp3) is 0.769. The van der Waals surface area contributed by atoms with Crippen LogP contribution in [0.4, 0.5) is 0 Å². The summed E-state index contributed by atoms with van der Waals surface area (Å²) in [7, 11) is 0. The summed E-state index contributed by atoms with van der Waals surface area (Å²) < 4.78 is 5.21. The third-order valence-electron chi connectivity index (χ3n) is 3.69. The fourth-order valence-electron chi connectivity index (χ4n) is 2.45.